The molecule has 140 valence electrons. The van der Waals surface area contributed by atoms with Gasteiger partial charge in [0, 0.05) is 19.6 Å². The molecule has 0 saturated carbocycles. The topological polar surface area (TPSA) is 47.6 Å². The van der Waals surface area contributed by atoms with E-state index in [9.17, 15) is 4.79 Å². The fourth-order valence-electron chi connectivity index (χ4n) is 2.60. The van der Waals surface area contributed by atoms with E-state index in [1.54, 1.807) is 0 Å². The van der Waals surface area contributed by atoms with Crippen LogP contribution in [-0.2, 0) is 9.53 Å². The van der Waals surface area contributed by atoms with E-state index >= 15 is 0 Å². The second-order valence-electron chi connectivity index (χ2n) is 6.34. The van der Waals surface area contributed by atoms with Crippen LogP contribution >= 0.6 is 0 Å². The Morgan fingerprint density at radius 2 is 1.73 bits per heavy atom. The van der Waals surface area contributed by atoms with Crippen LogP contribution in [0.3, 0.4) is 0 Å². The van der Waals surface area contributed by atoms with E-state index in [1.807, 2.05) is 56.3 Å². The van der Waals surface area contributed by atoms with Gasteiger partial charge in [-0.25, -0.2) is 0 Å². The first kappa shape index (κ1) is 20.0. The van der Waals surface area contributed by atoms with E-state index in [1.165, 1.54) is 5.56 Å². The largest absolute Gasteiger partial charge is 0.493 e. The van der Waals surface area contributed by atoms with Gasteiger partial charge in [0.2, 0.25) is 5.91 Å². The molecule has 0 spiro atoms. The molecule has 2 rings (SSSR count). The number of rotatable bonds is 11. The van der Waals surface area contributed by atoms with E-state index in [2.05, 4.69) is 17.4 Å². The van der Waals surface area contributed by atoms with Gasteiger partial charge in [0.1, 0.15) is 5.75 Å². The highest BCUT2D eigenvalue weighted by atomic mass is 16.5. The maximum Gasteiger partial charge on any atom is 0.220 e. The predicted molar refractivity (Wildman–Crippen MR) is 104 cm³/mol. The van der Waals surface area contributed by atoms with Crippen molar-refractivity contribution in [3.05, 3.63) is 65.7 Å². The van der Waals surface area contributed by atoms with Crippen molar-refractivity contribution in [2.24, 2.45) is 0 Å². The predicted octanol–water partition coefficient (Wildman–Crippen LogP) is 4.44. The third kappa shape index (κ3) is 7.28. The molecule has 0 aliphatic carbocycles. The van der Waals surface area contributed by atoms with Gasteiger partial charge in [-0.2, -0.15) is 0 Å². The Morgan fingerprint density at radius 3 is 2.50 bits per heavy atom. The normalized spacial score (nSPS) is 11.8. The smallest absolute Gasteiger partial charge is 0.220 e. The van der Waals surface area contributed by atoms with Crippen molar-refractivity contribution < 1.29 is 14.3 Å². The van der Waals surface area contributed by atoms with Crippen LogP contribution in [-0.4, -0.2) is 25.7 Å². The van der Waals surface area contributed by atoms with Crippen molar-refractivity contribution in [1.82, 2.24) is 5.32 Å². The van der Waals surface area contributed by atoms with Crippen molar-refractivity contribution in [3.63, 3.8) is 0 Å². The quantitative estimate of drug-likeness (QED) is 0.606. The fourth-order valence-corrected chi connectivity index (χ4v) is 2.60. The summed E-state index contributed by atoms with van der Waals surface area (Å²) in [6, 6.07) is 18.1. The van der Waals surface area contributed by atoms with E-state index in [0.717, 1.165) is 17.7 Å². The molecule has 4 heteroatoms. The van der Waals surface area contributed by atoms with E-state index in [0.29, 0.717) is 32.6 Å². The Bertz CT molecular complexity index is 657. The van der Waals surface area contributed by atoms with Crippen LogP contribution in [0.25, 0.3) is 0 Å². The summed E-state index contributed by atoms with van der Waals surface area (Å²) in [5.41, 5.74) is 2.28. The first-order chi connectivity index (χ1) is 12.7. The second kappa shape index (κ2) is 11.3. The van der Waals surface area contributed by atoms with Gasteiger partial charge in [-0.1, -0.05) is 48.5 Å². The number of carbonyl (C=O) groups excluding carboxylic acids is 1. The van der Waals surface area contributed by atoms with E-state index < -0.39 is 0 Å². The average Bonchev–Trinajstić information content (AvgIpc) is 2.67. The summed E-state index contributed by atoms with van der Waals surface area (Å²) in [6.07, 6.45) is 2.07. The number of aryl methyl sites for hydroxylation is 1. The number of ether oxygens (including phenoxy) is 2. The molecule has 0 bridgehead atoms. The molecule has 0 radical (unpaired) electrons. The summed E-state index contributed by atoms with van der Waals surface area (Å²) in [4.78, 5) is 11.8. The Hall–Kier alpha value is -2.33. The molecule has 1 unspecified atom stereocenters. The minimum atomic E-state index is 0.0643. The van der Waals surface area contributed by atoms with Gasteiger partial charge in [-0.3, -0.25) is 4.79 Å². The lowest BCUT2D eigenvalue weighted by Crippen LogP contribution is -2.25. The fraction of sp³-hybridized carbons (Fsp3) is 0.409. The third-order valence-electron chi connectivity index (χ3n) is 4.18. The lowest BCUT2D eigenvalue weighted by molar-refractivity contribution is -0.121. The molecule has 1 N–H and O–H groups in total. The number of carbonyl (C=O) groups is 1. The van der Waals surface area contributed by atoms with Crippen LogP contribution < -0.4 is 10.1 Å². The molecule has 1 atom stereocenters. The number of benzene rings is 2. The molecule has 0 aromatic heterocycles. The van der Waals surface area contributed by atoms with Gasteiger partial charge in [-0.05, 0) is 43.9 Å². The SMILES string of the molecule is Cc1ccccc1OCCCC(=O)NCCCOC(C)c1ccccc1. The third-order valence-corrected chi connectivity index (χ3v) is 4.18. The number of amides is 1. The molecule has 0 saturated heterocycles. The van der Waals surface area contributed by atoms with Crippen LogP contribution in [0.15, 0.2) is 54.6 Å². The highest BCUT2D eigenvalue weighted by Gasteiger charge is 2.05. The number of hydrogen-bond acceptors (Lipinski definition) is 3. The first-order valence-electron chi connectivity index (χ1n) is 9.28. The first-order valence-corrected chi connectivity index (χ1v) is 9.28. The maximum atomic E-state index is 11.8. The zero-order valence-electron chi connectivity index (χ0n) is 15.7. The summed E-state index contributed by atoms with van der Waals surface area (Å²) in [5, 5.41) is 2.93. The van der Waals surface area contributed by atoms with Gasteiger partial charge in [0.05, 0.1) is 12.7 Å². The minimum absolute atomic E-state index is 0.0643. The summed E-state index contributed by atoms with van der Waals surface area (Å²) < 4.78 is 11.5. The van der Waals surface area contributed by atoms with Crippen LogP contribution in [0.1, 0.15) is 43.4 Å². The summed E-state index contributed by atoms with van der Waals surface area (Å²) >= 11 is 0. The van der Waals surface area contributed by atoms with Crippen molar-refractivity contribution >= 4 is 5.91 Å². The van der Waals surface area contributed by atoms with Gasteiger partial charge >= 0.3 is 0 Å². The van der Waals surface area contributed by atoms with E-state index in [4.69, 9.17) is 9.47 Å². The molecule has 0 aliphatic heterocycles. The molecular weight excluding hydrogens is 326 g/mol. The monoisotopic (exact) mass is 355 g/mol. The minimum Gasteiger partial charge on any atom is -0.493 e. The number of hydrogen-bond donors (Lipinski definition) is 1. The lowest BCUT2D eigenvalue weighted by atomic mass is 10.1. The molecular formula is C22H29NO3. The van der Waals surface area contributed by atoms with Gasteiger partial charge in [0.25, 0.3) is 0 Å². The second-order valence-corrected chi connectivity index (χ2v) is 6.34. The number of nitrogens with one attached hydrogen (secondary N) is 1. The molecule has 0 aliphatic rings. The molecule has 26 heavy (non-hydrogen) atoms. The molecule has 0 fully saturated rings. The zero-order chi connectivity index (χ0) is 18.6. The van der Waals surface area contributed by atoms with E-state index in [-0.39, 0.29) is 12.0 Å². The highest BCUT2D eigenvalue weighted by Crippen LogP contribution is 2.17. The zero-order valence-corrected chi connectivity index (χ0v) is 15.7. The maximum absolute atomic E-state index is 11.8. The highest BCUT2D eigenvalue weighted by molar-refractivity contribution is 5.75. The average molecular weight is 355 g/mol. The van der Waals surface area contributed by atoms with Gasteiger partial charge in [-0.15, -0.1) is 0 Å². The van der Waals surface area contributed by atoms with Gasteiger partial charge in [0.15, 0.2) is 0 Å². The summed E-state index contributed by atoms with van der Waals surface area (Å²) in [6.45, 7) is 5.88. The van der Waals surface area contributed by atoms with Gasteiger partial charge < -0.3 is 14.8 Å². The van der Waals surface area contributed by atoms with Crippen molar-refractivity contribution in [3.8, 4) is 5.75 Å². The van der Waals surface area contributed by atoms with Crippen LogP contribution in [0.4, 0.5) is 0 Å². The van der Waals surface area contributed by atoms with Crippen LogP contribution in [0.2, 0.25) is 0 Å². The van der Waals surface area contributed by atoms with Crippen molar-refractivity contribution in [2.45, 2.75) is 39.2 Å². The van der Waals surface area contributed by atoms with Crippen molar-refractivity contribution in [2.75, 3.05) is 19.8 Å². The molecule has 1 amide bonds. The summed E-state index contributed by atoms with van der Waals surface area (Å²) in [5.74, 6) is 0.951. The number of para-hydroxylation sites is 1. The molecule has 2 aromatic rings. The standard InChI is InChI=1S/C22H29NO3/c1-18-10-6-7-13-21(18)26-16-8-14-22(24)23-15-9-17-25-19(2)20-11-4-3-5-12-20/h3-7,10-13,19H,8-9,14-17H2,1-2H3,(H,23,24). The Labute approximate surface area is 156 Å². The Balaban J connectivity index is 1.49. The Kier molecular flexibility index (Phi) is 8.70. The summed E-state index contributed by atoms with van der Waals surface area (Å²) in [7, 11) is 0. The van der Waals surface area contributed by atoms with Crippen molar-refractivity contribution in [1.29, 1.82) is 0 Å². The molecule has 0 heterocycles. The molecule has 2 aromatic carbocycles. The Morgan fingerprint density at radius 1 is 1.00 bits per heavy atom. The molecule has 4 nitrogen and oxygen atoms in total. The lowest BCUT2D eigenvalue weighted by Gasteiger charge is -2.13. The van der Waals surface area contributed by atoms with Crippen LogP contribution in [0.5, 0.6) is 5.75 Å². The van der Waals surface area contributed by atoms with Crippen LogP contribution in [0, 0.1) is 6.92 Å².